The maximum absolute atomic E-state index is 13.0. The number of sulfone groups is 2. The quantitative estimate of drug-likeness (QED) is 0.0201. The molecule has 0 saturated carbocycles. The van der Waals surface area contributed by atoms with Gasteiger partial charge in [0.1, 0.15) is 31.7 Å². The molecule has 1 unspecified atom stereocenters. The van der Waals surface area contributed by atoms with Crippen molar-refractivity contribution in [1.82, 2.24) is 29.9 Å². The van der Waals surface area contributed by atoms with Gasteiger partial charge in [-0.15, -0.1) is 15.3 Å². The molecule has 0 radical (unpaired) electrons. The predicted molar refractivity (Wildman–Crippen MR) is 356 cm³/mol. The molecule has 0 aliphatic rings. The fraction of sp³-hybridized carbons (Fsp3) is 0.143. The molecule has 13 N–H and O–H groups in total. The van der Waals surface area contributed by atoms with E-state index in [1.807, 2.05) is 0 Å². The van der Waals surface area contributed by atoms with Gasteiger partial charge in [0.25, 0.3) is 50.6 Å². The van der Waals surface area contributed by atoms with Crippen LogP contribution >= 0.6 is 23.2 Å². The number of phenolic OH excluding ortho intramolecular Hbond substituents is 2. The Labute approximate surface area is 589 Å². The minimum absolute atomic E-state index is 0.221. The molecule has 9 aromatic rings. The molecular formula is C49H42Cl2N14O29S9. The second-order valence-electron chi connectivity index (χ2n) is 20.7. The smallest absolute Gasteiger partial charge is 0.397 e. The van der Waals surface area contributed by atoms with Gasteiger partial charge in [0.15, 0.2) is 31.2 Å². The van der Waals surface area contributed by atoms with E-state index in [1.54, 1.807) is 0 Å². The maximum atomic E-state index is 13.0. The number of halogens is 2. The third-order valence-electron chi connectivity index (χ3n) is 13.5. The van der Waals surface area contributed by atoms with E-state index in [0.29, 0.717) is 30.3 Å². The van der Waals surface area contributed by atoms with Crippen LogP contribution in [0.15, 0.2) is 146 Å². The summed E-state index contributed by atoms with van der Waals surface area (Å²) in [7, 11) is -45.5. The van der Waals surface area contributed by atoms with Crippen molar-refractivity contribution in [3.05, 3.63) is 102 Å². The summed E-state index contributed by atoms with van der Waals surface area (Å²) in [6.45, 7) is -0.758. The van der Waals surface area contributed by atoms with E-state index in [-0.39, 0.29) is 23.6 Å². The Morgan fingerprint density at radius 1 is 0.447 bits per heavy atom. The van der Waals surface area contributed by atoms with Gasteiger partial charge in [0, 0.05) is 28.7 Å². The van der Waals surface area contributed by atoms with Crippen molar-refractivity contribution in [2.24, 2.45) is 20.5 Å². The van der Waals surface area contributed by atoms with E-state index in [4.69, 9.17) is 32.3 Å². The number of nitrogens with one attached hydrogen (secondary N) is 4. The molecule has 43 nitrogen and oxygen atoms in total. The maximum Gasteiger partial charge on any atom is 0.397 e. The molecule has 0 aliphatic heterocycles. The average Bonchev–Trinajstić information content (AvgIpc) is 0.756. The highest BCUT2D eigenvalue weighted by atomic mass is 35.5. The van der Waals surface area contributed by atoms with E-state index in [1.165, 1.54) is 6.92 Å². The molecule has 2 aromatic heterocycles. The molecule has 0 aliphatic carbocycles. The van der Waals surface area contributed by atoms with Crippen molar-refractivity contribution in [2.75, 3.05) is 52.5 Å². The molecule has 0 saturated heterocycles. The fourth-order valence-electron chi connectivity index (χ4n) is 9.19. The summed E-state index contributed by atoms with van der Waals surface area (Å²) in [5, 5.41) is 45.1. The molecule has 0 spiro atoms. The van der Waals surface area contributed by atoms with E-state index in [2.05, 4.69) is 80.0 Å². The van der Waals surface area contributed by atoms with Gasteiger partial charge in [0.05, 0.1) is 61.4 Å². The number of fused-ring (bicyclic) bond motifs is 3. The monoisotopic (exact) mass is 1650 g/mol. The standard InChI is InChI=1S/C49H42Cl2N14O29S9/c1-22(21-52-46-56-44(50)58-48(60-46)54-33-19-29(97(72,73)74)15-24-17-35(99(78,79)80)39(41(66)37(24)33)64-62-26-3-5-27(6-4-26)95(68,69)12-10-93-102(87,88)89)53-47-57-45(51)59-49(61-47)55-34-20-30(98(75,76)77)16-25-18-36(100(81,82)83)40(42(67)38(25)34)65-63-32-9-2-23-14-28(7-8-31(23)43(32)101(84,85)86)96(70,71)13-11-94-103(90,91)92/h2-9,14-20,22,66-67H,10-13,21H2,1H3,(H,72,73,74)(H,75,76,77)(H,78,79,80)(H,81,82,83)(H,84,85,86)(H,87,88,89)(H,90,91,92)(H2,52,54,56,58,60)(H2,53,55,57,59,61)/b64-62+,65-63+. The van der Waals surface area contributed by atoms with Crippen molar-refractivity contribution in [3.8, 4) is 11.5 Å². The zero-order valence-electron chi connectivity index (χ0n) is 50.4. The topological polar surface area (TPSA) is 683 Å². The lowest BCUT2D eigenvalue weighted by Gasteiger charge is -2.17. The Kier molecular flexibility index (Phi) is 22.0. The van der Waals surface area contributed by atoms with Crippen molar-refractivity contribution >= 4 is 205 Å². The summed E-state index contributed by atoms with van der Waals surface area (Å²) in [4.78, 5) is 17.7. The Morgan fingerprint density at radius 3 is 1.33 bits per heavy atom. The van der Waals surface area contributed by atoms with Gasteiger partial charge in [-0.25, -0.2) is 25.2 Å². The van der Waals surface area contributed by atoms with E-state index in [9.17, 15) is 109 Å². The Hall–Kier alpha value is -8.89. The van der Waals surface area contributed by atoms with Crippen LogP contribution in [-0.2, 0) is 99.4 Å². The lowest BCUT2D eigenvalue weighted by atomic mass is 10.1. The molecule has 9 rings (SSSR count). The number of hydrogen-bond donors (Lipinski definition) is 13. The van der Waals surface area contributed by atoms with Crippen molar-refractivity contribution < 1.29 is 126 Å². The van der Waals surface area contributed by atoms with Crippen LogP contribution in [0.25, 0.3) is 32.3 Å². The Balaban J connectivity index is 0.994. The highest BCUT2D eigenvalue weighted by Gasteiger charge is 2.30. The molecule has 54 heteroatoms. The molecule has 0 amide bonds. The number of anilines is 6. The number of aromatic hydroxyl groups is 2. The third-order valence-corrected chi connectivity index (χ3v) is 22.5. The molecule has 2 heterocycles. The SMILES string of the molecule is CC(CNc1nc(Cl)nc(Nc2cc(S(=O)(=O)O)cc3cc(S(=O)(=O)O)c(/N=N/c4ccc(S(=O)(=O)CCOS(=O)(=O)O)cc4)c(O)c23)n1)Nc1nc(Cl)nc(Nc2cc(S(=O)(=O)O)cc3cc(S(=O)(=O)O)c(/N=N/c4ccc5cc(S(=O)(=O)CCOS(=O)(=O)O)ccc5c4S(=O)(=O)O)c(O)c23)n1. The molecular weight excluding hydrogens is 1610 g/mol. The van der Waals surface area contributed by atoms with Gasteiger partial charge >= 0.3 is 20.8 Å². The number of aromatic nitrogens is 6. The summed E-state index contributed by atoms with van der Waals surface area (Å²) >= 11 is 12.5. The first kappa shape index (κ1) is 78.3. The minimum atomic E-state index is -5.58. The molecule has 0 bridgehead atoms. The summed E-state index contributed by atoms with van der Waals surface area (Å²) in [5.74, 6) is -6.27. The van der Waals surface area contributed by atoms with Gasteiger partial charge < -0.3 is 31.5 Å². The first-order chi connectivity index (χ1) is 47.4. The van der Waals surface area contributed by atoms with Gasteiger partial charge in [-0.3, -0.25) is 31.9 Å². The minimum Gasteiger partial charge on any atom is -0.505 e. The van der Waals surface area contributed by atoms with Crippen LogP contribution in [0.4, 0.5) is 57.9 Å². The van der Waals surface area contributed by atoms with Crippen LogP contribution < -0.4 is 21.3 Å². The van der Waals surface area contributed by atoms with E-state index in [0.717, 1.165) is 60.7 Å². The van der Waals surface area contributed by atoms with Crippen LogP contribution in [-0.4, -0.2) is 185 Å². The van der Waals surface area contributed by atoms with Gasteiger partial charge in [-0.1, -0.05) is 12.1 Å². The Morgan fingerprint density at radius 2 is 0.874 bits per heavy atom. The molecule has 0 fully saturated rings. The van der Waals surface area contributed by atoms with Crippen molar-refractivity contribution in [2.45, 2.75) is 47.2 Å². The molecule has 550 valence electrons. The summed E-state index contributed by atoms with van der Waals surface area (Å²) in [5.41, 5.74) is -4.39. The van der Waals surface area contributed by atoms with E-state index < -0.39 is 251 Å². The van der Waals surface area contributed by atoms with Crippen molar-refractivity contribution in [1.29, 1.82) is 0 Å². The number of rotatable bonds is 28. The van der Waals surface area contributed by atoms with Gasteiger partial charge in [-0.2, -0.15) is 93.9 Å². The first-order valence-electron chi connectivity index (χ1n) is 27.1. The zero-order valence-corrected chi connectivity index (χ0v) is 59.2. The average molecular weight is 1650 g/mol. The van der Waals surface area contributed by atoms with Crippen LogP contribution in [0.2, 0.25) is 10.6 Å². The first-order valence-corrected chi connectivity index (χ1v) is 41.1. The lowest BCUT2D eigenvalue weighted by Crippen LogP contribution is -2.27. The van der Waals surface area contributed by atoms with Crippen LogP contribution in [0, 0.1) is 0 Å². The largest absolute Gasteiger partial charge is 0.505 e. The van der Waals surface area contributed by atoms with Gasteiger partial charge in [-0.05, 0) is 125 Å². The Bertz CT molecular complexity index is 6200. The predicted octanol–water partition coefficient (Wildman–Crippen LogP) is 5.88. The lowest BCUT2D eigenvalue weighted by molar-refractivity contribution is 0.282. The molecule has 7 aromatic carbocycles. The summed E-state index contributed by atoms with van der Waals surface area (Å²) in [6.07, 6.45) is 0. The summed E-state index contributed by atoms with van der Waals surface area (Å²) < 4.78 is 299. The van der Waals surface area contributed by atoms with Crippen LogP contribution in [0.3, 0.4) is 0 Å². The number of hydrogen-bond acceptors (Lipinski definition) is 36. The summed E-state index contributed by atoms with van der Waals surface area (Å²) in [6, 6.07) is 11.4. The zero-order chi connectivity index (χ0) is 76.1. The third kappa shape index (κ3) is 19.3. The highest BCUT2D eigenvalue weighted by Crippen LogP contribution is 2.48. The number of azo groups is 2. The number of phenols is 2. The van der Waals surface area contributed by atoms with Crippen LogP contribution in [0.1, 0.15) is 6.92 Å². The molecule has 1 atom stereocenters. The van der Waals surface area contributed by atoms with E-state index >= 15 is 0 Å². The van der Waals surface area contributed by atoms with Crippen molar-refractivity contribution in [3.63, 3.8) is 0 Å². The second-order valence-corrected chi connectivity index (χ2v) is 34.7. The highest BCUT2D eigenvalue weighted by molar-refractivity contribution is 7.92. The number of benzene rings is 7. The fourth-order valence-corrected chi connectivity index (χ4v) is 15.8. The second kappa shape index (κ2) is 29.0. The normalized spacial score (nSPS) is 13.5. The molecule has 103 heavy (non-hydrogen) atoms. The number of nitrogens with zero attached hydrogens (tertiary/aromatic N) is 10. The van der Waals surface area contributed by atoms with Gasteiger partial charge in [0.2, 0.25) is 34.4 Å². The van der Waals surface area contributed by atoms with Crippen LogP contribution in [0.5, 0.6) is 11.5 Å².